The molecule has 0 aromatic heterocycles. The number of carboxylic acids is 1. The molecule has 1 amide bonds. The molecule has 74 valence electrons. The Morgan fingerprint density at radius 1 is 1.36 bits per heavy atom. The van der Waals surface area contributed by atoms with Crippen LogP contribution in [0.25, 0.3) is 0 Å². The number of amides is 1. The molecular weight excluding hydrogens is 182 g/mol. The number of hydrogen-bond acceptors (Lipinski definition) is 3. The summed E-state index contributed by atoms with van der Waals surface area (Å²) in [5, 5.41) is 13.1. The van der Waals surface area contributed by atoms with Crippen molar-refractivity contribution in [3.63, 3.8) is 0 Å². The van der Waals surface area contributed by atoms with E-state index in [1.54, 1.807) is 13.0 Å². The van der Waals surface area contributed by atoms with Crippen molar-refractivity contribution in [1.29, 1.82) is 0 Å². The molecule has 1 aromatic carbocycles. The first kappa shape index (κ1) is 10.2. The Hall–Kier alpha value is -1.84. The largest absolute Gasteiger partial charge is 0.545 e. The van der Waals surface area contributed by atoms with E-state index in [2.05, 4.69) is 5.32 Å². The number of benzene rings is 1. The zero-order chi connectivity index (χ0) is 10.7. The van der Waals surface area contributed by atoms with E-state index in [1.807, 2.05) is 0 Å². The molecule has 0 saturated carbocycles. The van der Waals surface area contributed by atoms with Crippen LogP contribution in [0, 0.1) is 6.92 Å². The van der Waals surface area contributed by atoms with Crippen molar-refractivity contribution in [1.82, 2.24) is 0 Å². The number of nitrogens with one attached hydrogen (secondary N) is 1. The molecule has 0 bridgehead atoms. The molecule has 4 heteroatoms. The molecule has 0 aliphatic carbocycles. The first-order chi connectivity index (χ1) is 6.50. The zero-order valence-electron chi connectivity index (χ0n) is 7.96. The monoisotopic (exact) mass is 192 g/mol. The van der Waals surface area contributed by atoms with Crippen LogP contribution < -0.4 is 10.4 Å². The molecule has 0 unspecified atom stereocenters. The number of carbonyl (C=O) groups excluding carboxylic acids is 2. The molecule has 4 nitrogen and oxygen atoms in total. The molecule has 0 radical (unpaired) electrons. The van der Waals surface area contributed by atoms with Gasteiger partial charge in [0.2, 0.25) is 5.91 Å². The number of aryl methyl sites for hydroxylation is 1. The van der Waals surface area contributed by atoms with Crippen LogP contribution in [-0.4, -0.2) is 11.9 Å². The van der Waals surface area contributed by atoms with Crippen molar-refractivity contribution in [2.75, 3.05) is 5.32 Å². The summed E-state index contributed by atoms with van der Waals surface area (Å²) in [6.45, 7) is 3.04. The second kappa shape index (κ2) is 3.91. The summed E-state index contributed by atoms with van der Waals surface area (Å²) in [5.74, 6) is -1.40. The second-order valence-electron chi connectivity index (χ2n) is 3.00. The van der Waals surface area contributed by atoms with Crippen molar-refractivity contribution in [2.24, 2.45) is 0 Å². The van der Waals surface area contributed by atoms with Crippen molar-refractivity contribution in [3.8, 4) is 0 Å². The first-order valence-electron chi connectivity index (χ1n) is 4.10. The molecule has 0 aliphatic rings. The molecule has 0 saturated heterocycles. The number of carbonyl (C=O) groups is 2. The van der Waals surface area contributed by atoms with Crippen LogP contribution in [0.15, 0.2) is 18.2 Å². The average Bonchev–Trinajstić information content (AvgIpc) is 2.01. The lowest BCUT2D eigenvalue weighted by atomic mass is 10.1. The van der Waals surface area contributed by atoms with Crippen LogP contribution in [0.5, 0.6) is 0 Å². The quantitative estimate of drug-likeness (QED) is 0.733. The smallest absolute Gasteiger partial charge is 0.221 e. The van der Waals surface area contributed by atoms with Gasteiger partial charge in [-0.2, -0.15) is 0 Å². The fourth-order valence-corrected chi connectivity index (χ4v) is 1.17. The van der Waals surface area contributed by atoms with Gasteiger partial charge in [0.15, 0.2) is 0 Å². The van der Waals surface area contributed by atoms with Gasteiger partial charge in [0.05, 0.1) is 5.97 Å². The Labute approximate surface area is 81.6 Å². The molecule has 1 aromatic rings. The minimum absolute atomic E-state index is 0.138. The van der Waals surface area contributed by atoms with Crippen LogP contribution in [0.3, 0.4) is 0 Å². The van der Waals surface area contributed by atoms with Gasteiger partial charge in [0.25, 0.3) is 0 Å². The highest BCUT2D eigenvalue weighted by Crippen LogP contribution is 2.14. The third-order valence-corrected chi connectivity index (χ3v) is 1.77. The number of hydrogen-bond donors (Lipinski definition) is 1. The fourth-order valence-electron chi connectivity index (χ4n) is 1.17. The van der Waals surface area contributed by atoms with E-state index >= 15 is 0 Å². The molecular formula is C10H10NO3-. The van der Waals surface area contributed by atoms with Gasteiger partial charge >= 0.3 is 0 Å². The predicted molar refractivity (Wildman–Crippen MR) is 49.8 cm³/mol. The van der Waals surface area contributed by atoms with Crippen molar-refractivity contribution in [3.05, 3.63) is 29.3 Å². The van der Waals surface area contributed by atoms with E-state index < -0.39 is 5.97 Å². The minimum atomic E-state index is -1.21. The minimum Gasteiger partial charge on any atom is -0.545 e. The van der Waals surface area contributed by atoms with E-state index in [1.165, 1.54) is 19.1 Å². The highest BCUT2D eigenvalue weighted by Gasteiger charge is 2.01. The Kier molecular flexibility index (Phi) is 2.86. The second-order valence-corrected chi connectivity index (χ2v) is 3.00. The third kappa shape index (κ3) is 2.32. The van der Waals surface area contributed by atoms with E-state index in [9.17, 15) is 14.7 Å². The Bertz CT molecular complexity index is 385. The van der Waals surface area contributed by atoms with Crippen molar-refractivity contribution in [2.45, 2.75) is 13.8 Å². The van der Waals surface area contributed by atoms with Gasteiger partial charge in [-0.05, 0) is 24.6 Å². The zero-order valence-corrected chi connectivity index (χ0v) is 7.96. The standard InChI is InChI=1S/C10H11NO3/c1-6-5-8(11-7(2)12)3-4-9(6)10(13)14/h3-5H,1-2H3,(H,11,12)(H,13,14)/p-1. The van der Waals surface area contributed by atoms with E-state index in [0.29, 0.717) is 11.3 Å². The summed E-state index contributed by atoms with van der Waals surface area (Å²) in [6, 6.07) is 4.53. The summed E-state index contributed by atoms with van der Waals surface area (Å²) in [4.78, 5) is 21.3. The molecule has 1 N–H and O–H groups in total. The highest BCUT2D eigenvalue weighted by molar-refractivity contribution is 5.91. The van der Waals surface area contributed by atoms with Crippen LogP contribution in [-0.2, 0) is 4.79 Å². The van der Waals surface area contributed by atoms with E-state index in [0.717, 1.165) is 0 Å². The summed E-state index contributed by atoms with van der Waals surface area (Å²) >= 11 is 0. The summed E-state index contributed by atoms with van der Waals surface area (Å²) < 4.78 is 0. The Balaban J connectivity index is 3.00. The maximum Gasteiger partial charge on any atom is 0.221 e. The maximum atomic E-state index is 10.7. The summed E-state index contributed by atoms with van der Waals surface area (Å²) in [7, 11) is 0. The van der Waals surface area contributed by atoms with E-state index in [-0.39, 0.29) is 11.5 Å². The van der Waals surface area contributed by atoms with Gasteiger partial charge in [-0.1, -0.05) is 6.07 Å². The van der Waals surface area contributed by atoms with E-state index in [4.69, 9.17) is 0 Å². The number of carboxylic acid groups (broad SMARTS) is 1. The van der Waals surface area contributed by atoms with Gasteiger partial charge in [-0.25, -0.2) is 0 Å². The van der Waals surface area contributed by atoms with Crippen LogP contribution in [0.2, 0.25) is 0 Å². The normalized spacial score (nSPS) is 9.57. The number of rotatable bonds is 2. The molecule has 14 heavy (non-hydrogen) atoms. The molecule has 0 atom stereocenters. The Morgan fingerprint density at radius 2 is 2.00 bits per heavy atom. The summed E-state index contributed by atoms with van der Waals surface area (Å²) in [5.41, 5.74) is 1.29. The molecule has 0 spiro atoms. The fraction of sp³-hybridized carbons (Fsp3) is 0.200. The lowest BCUT2D eigenvalue weighted by molar-refractivity contribution is -0.255. The lowest BCUT2D eigenvalue weighted by Crippen LogP contribution is -2.23. The van der Waals surface area contributed by atoms with Crippen molar-refractivity contribution >= 4 is 17.6 Å². The van der Waals surface area contributed by atoms with Crippen molar-refractivity contribution < 1.29 is 14.7 Å². The number of aromatic carboxylic acids is 1. The lowest BCUT2D eigenvalue weighted by Gasteiger charge is -2.09. The van der Waals surface area contributed by atoms with Gasteiger partial charge in [-0.15, -0.1) is 0 Å². The SMILES string of the molecule is CC(=O)Nc1ccc(C(=O)[O-])c(C)c1. The highest BCUT2D eigenvalue weighted by atomic mass is 16.4. The average molecular weight is 192 g/mol. The van der Waals surface area contributed by atoms with Crippen LogP contribution >= 0.6 is 0 Å². The predicted octanol–water partition coefficient (Wildman–Crippen LogP) is 0.317. The maximum absolute atomic E-state index is 10.7. The first-order valence-corrected chi connectivity index (χ1v) is 4.10. The third-order valence-electron chi connectivity index (χ3n) is 1.77. The molecule has 0 fully saturated rings. The number of anilines is 1. The van der Waals surface area contributed by atoms with Gasteiger partial charge in [-0.3, -0.25) is 4.79 Å². The van der Waals surface area contributed by atoms with Crippen LogP contribution in [0.1, 0.15) is 22.8 Å². The molecule has 1 rings (SSSR count). The van der Waals surface area contributed by atoms with Gasteiger partial charge < -0.3 is 15.2 Å². The topological polar surface area (TPSA) is 69.2 Å². The van der Waals surface area contributed by atoms with Crippen LogP contribution in [0.4, 0.5) is 5.69 Å². The Morgan fingerprint density at radius 3 is 2.43 bits per heavy atom. The van der Waals surface area contributed by atoms with Gasteiger partial charge in [0.1, 0.15) is 0 Å². The van der Waals surface area contributed by atoms with Gasteiger partial charge in [0, 0.05) is 18.2 Å². The molecule has 0 aliphatic heterocycles. The summed E-state index contributed by atoms with van der Waals surface area (Å²) in [6.07, 6.45) is 0. The molecule has 0 heterocycles.